The molecule has 5 nitrogen and oxygen atoms in total. The predicted octanol–water partition coefficient (Wildman–Crippen LogP) is 2.80. The van der Waals surface area contributed by atoms with Gasteiger partial charge in [-0.15, -0.1) is 0 Å². The van der Waals surface area contributed by atoms with Crippen LogP contribution in [0.2, 0.25) is 0 Å². The Balaban J connectivity index is 2.51. The van der Waals surface area contributed by atoms with Gasteiger partial charge in [0.25, 0.3) is 0 Å². The van der Waals surface area contributed by atoms with Crippen LogP contribution in [0, 0.1) is 0 Å². The fraction of sp³-hybridized carbons (Fsp3) is 0.786. The van der Waals surface area contributed by atoms with Crippen molar-refractivity contribution in [2.75, 3.05) is 17.4 Å². The third-order valence-electron chi connectivity index (χ3n) is 3.88. The van der Waals surface area contributed by atoms with Gasteiger partial charge in [0, 0.05) is 17.1 Å². The van der Waals surface area contributed by atoms with Crippen LogP contribution >= 0.6 is 23.5 Å². The molecule has 0 spiro atoms. The van der Waals surface area contributed by atoms with Crippen LogP contribution in [0.25, 0.3) is 0 Å². The minimum Gasteiger partial charge on any atom is -0.330 e. The Bertz CT molecular complexity index is 478. The van der Waals surface area contributed by atoms with Crippen LogP contribution in [0.1, 0.15) is 40.5 Å². The number of piperidine rings is 1. The molecule has 2 heterocycles. The van der Waals surface area contributed by atoms with Gasteiger partial charge in [-0.3, -0.25) is 0 Å². The molecule has 1 saturated heterocycles. The van der Waals surface area contributed by atoms with Gasteiger partial charge in [0.2, 0.25) is 5.95 Å². The average Bonchev–Trinajstić information content (AvgIpc) is 2.34. The van der Waals surface area contributed by atoms with Crippen molar-refractivity contribution in [3.63, 3.8) is 0 Å². The van der Waals surface area contributed by atoms with Gasteiger partial charge in [0.05, 0.1) is 0 Å². The molecule has 0 aliphatic carbocycles. The Morgan fingerprint density at radius 2 is 1.38 bits per heavy atom. The highest BCUT2D eigenvalue weighted by Gasteiger charge is 2.45. The molecule has 7 heteroatoms. The van der Waals surface area contributed by atoms with E-state index in [1.807, 2.05) is 12.5 Å². The van der Waals surface area contributed by atoms with E-state index in [1.54, 1.807) is 23.5 Å². The Labute approximate surface area is 135 Å². The first-order chi connectivity index (χ1) is 9.69. The largest absolute Gasteiger partial charge is 0.330 e. The molecule has 118 valence electrons. The van der Waals surface area contributed by atoms with Gasteiger partial charge in [-0.1, -0.05) is 23.5 Å². The normalized spacial score (nSPS) is 21.6. The minimum atomic E-state index is -0.0755. The van der Waals surface area contributed by atoms with E-state index in [4.69, 9.17) is 5.73 Å². The van der Waals surface area contributed by atoms with Gasteiger partial charge in [-0.25, -0.2) is 0 Å². The highest BCUT2D eigenvalue weighted by atomic mass is 32.2. The Hall–Kier alpha value is -0.530. The van der Waals surface area contributed by atoms with Crippen LogP contribution in [0.15, 0.2) is 10.3 Å². The van der Waals surface area contributed by atoms with Gasteiger partial charge in [-0.2, -0.15) is 15.0 Å². The van der Waals surface area contributed by atoms with Gasteiger partial charge in [-0.05, 0) is 53.0 Å². The molecular formula is C14H25N5S2. The number of rotatable bonds is 3. The Kier molecular flexibility index (Phi) is 4.75. The summed E-state index contributed by atoms with van der Waals surface area (Å²) in [6.45, 7) is 8.87. The summed E-state index contributed by atoms with van der Waals surface area (Å²) >= 11 is 3.10. The van der Waals surface area contributed by atoms with E-state index in [0.717, 1.165) is 29.1 Å². The summed E-state index contributed by atoms with van der Waals surface area (Å²) in [7, 11) is 0. The van der Waals surface area contributed by atoms with Gasteiger partial charge in [0.1, 0.15) is 0 Å². The lowest BCUT2D eigenvalue weighted by Crippen LogP contribution is -2.64. The van der Waals surface area contributed by atoms with Crippen LogP contribution in [0.3, 0.4) is 0 Å². The number of hydrogen-bond donors (Lipinski definition) is 1. The predicted molar refractivity (Wildman–Crippen MR) is 91.2 cm³/mol. The molecule has 0 amide bonds. The first-order valence-corrected chi connectivity index (χ1v) is 9.54. The summed E-state index contributed by atoms with van der Waals surface area (Å²) in [6, 6.07) is 0.216. The molecule has 1 aliphatic rings. The maximum atomic E-state index is 6.25. The number of hydrogen-bond acceptors (Lipinski definition) is 7. The number of anilines is 1. The zero-order chi connectivity index (χ0) is 15.8. The van der Waals surface area contributed by atoms with Crippen LogP contribution in [0.5, 0.6) is 0 Å². The number of thioether (sulfide) groups is 2. The second-order valence-electron chi connectivity index (χ2n) is 6.74. The highest BCUT2D eigenvalue weighted by Crippen LogP contribution is 2.40. The monoisotopic (exact) mass is 327 g/mol. The summed E-state index contributed by atoms with van der Waals surface area (Å²) < 4.78 is 0. The summed E-state index contributed by atoms with van der Waals surface area (Å²) in [6.07, 6.45) is 5.86. The summed E-state index contributed by atoms with van der Waals surface area (Å²) in [5.74, 6) is 0.764. The maximum absolute atomic E-state index is 6.25. The van der Waals surface area contributed by atoms with Crippen molar-refractivity contribution in [3.05, 3.63) is 0 Å². The molecule has 0 radical (unpaired) electrons. The van der Waals surface area contributed by atoms with Crippen LogP contribution < -0.4 is 10.6 Å². The molecule has 0 saturated carbocycles. The quantitative estimate of drug-likeness (QED) is 0.856. The Morgan fingerprint density at radius 1 is 0.952 bits per heavy atom. The lowest BCUT2D eigenvalue weighted by molar-refractivity contribution is 0.215. The van der Waals surface area contributed by atoms with E-state index in [0.29, 0.717) is 0 Å². The topological polar surface area (TPSA) is 67.9 Å². The lowest BCUT2D eigenvalue weighted by Gasteiger charge is -2.54. The zero-order valence-electron chi connectivity index (χ0n) is 13.7. The number of nitrogens with two attached hydrogens (primary N) is 1. The summed E-state index contributed by atoms with van der Waals surface area (Å²) in [5.41, 5.74) is 6.10. The molecule has 0 unspecified atom stereocenters. The van der Waals surface area contributed by atoms with E-state index in [2.05, 4.69) is 47.5 Å². The van der Waals surface area contributed by atoms with Gasteiger partial charge >= 0.3 is 0 Å². The van der Waals surface area contributed by atoms with Crippen LogP contribution in [-0.4, -0.2) is 44.6 Å². The van der Waals surface area contributed by atoms with Crippen molar-refractivity contribution < 1.29 is 0 Å². The zero-order valence-corrected chi connectivity index (χ0v) is 15.3. The summed E-state index contributed by atoms with van der Waals surface area (Å²) in [4.78, 5) is 16.1. The fourth-order valence-electron chi connectivity index (χ4n) is 3.51. The summed E-state index contributed by atoms with van der Waals surface area (Å²) in [5, 5.41) is 1.54. The Morgan fingerprint density at radius 3 is 1.76 bits per heavy atom. The van der Waals surface area contributed by atoms with E-state index in [-0.39, 0.29) is 17.1 Å². The number of nitrogens with zero attached hydrogens (tertiary/aromatic N) is 4. The van der Waals surface area contributed by atoms with E-state index >= 15 is 0 Å². The van der Waals surface area contributed by atoms with E-state index < -0.39 is 0 Å². The van der Waals surface area contributed by atoms with Crippen molar-refractivity contribution in [2.45, 2.75) is 68.0 Å². The maximum Gasteiger partial charge on any atom is 0.231 e. The molecule has 1 aromatic rings. The van der Waals surface area contributed by atoms with Crippen molar-refractivity contribution in [3.8, 4) is 0 Å². The highest BCUT2D eigenvalue weighted by molar-refractivity contribution is 7.99. The molecule has 0 aromatic carbocycles. The second kappa shape index (κ2) is 5.93. The molecule has 2 rings (SSSR count). The van der Waals surface area contributed by atoms with Crippen molar-refractivity contribution >= 4 is 29.5 Å². The second-order valence-corrected chi connectivity index (χ2v) is 8.28. The number of aromatic nitrogens is 3. The molecule has 21 heavy (non-hydrogen) atoms. The lowest BCUT2D eigenvalue weighted by atomic mass is 9.77. The van der Waals surface area contributed by atoms with E-state index in [9.17, 15) is 0 Å². The SMILES string of the molecule is CSc1nc(SC)nc(N2C(C)(C)CC(N)CC2(C)C)n1. The minimum absolute atomic E-state index is 0.0755. The standard InChI is InChI=1S/C14H25N5S2/c1-13(2)7-9(15)8-14(3,4)19(13)10-16-11(20-5)18-12(17-10)21-6/h9H,7-8,15H2,1-6H3. The van der Waals surface area contributed by atoms with Crippen molar-refractivity contribution in [2.24, 2.45) is 5.73 Å². The molecule has 1 fully saturated rings. The van der Waals surface area contributed by atoms with Crippen LogP contribution in [-0.2, 0) is 0 Å². The third kappa shape index (κ3) is 3.46. The molecular weight excluding hydrogens is 302 g/mol. The average molecular weight is 328 g/mol. The van der Waals surface area contributed by atoms with Crippen LogP contribution in [0.4, 0.5) is 5.95 Å². The first kappa shape index (κ1) is 16.8. The molecule has 0 bridgehead atoms. The van der Waals surface area contributed by atoms with Gasteiger partial charge < -0.3 is 10.6 Å². The van der Waals surface area contributed by atoms with E-state index in [1.165, 1.54) is 0 Å². The van der Waals surface area contributed by atoms with Gasteiger partial charge in [0.15, 0.2) is 10.3 Å². The smallest absolute Gasteiger partial charge is 0.231 e. The first-order valence-electron chi connectivity index (χ1n) is 7.09. The molecule has 0 atom stereocenters. The molecule has 2 N–H and O–H groups in total. The van der Waals surface area contributed by atoms with Crippen molar-refractivity contribution in [1.29, 1.82) is 0 Å². The molecule has 1 aromatic heterocycles. The van der Waals surface area contributed by atoms with Crippen molar-refractivity contribution in [1.82, 2.24) is 15.0 Å². The molecule has 1 aliphatic heterocycles. The fourth-order valence-corrected chi connectivity index (χ4v) is 4.27. The third-order valence-corrected chi connectivity index (χ3v) is 4.98.